The van der Waals surface area contributed by atoms with Gasteiger partial charge in [-0.2, -0.15) is 0 Å². The standard InChI is InChI=1S/C18H27N5O3S2/c1-10(2)6-22(13(24)9-28-18-20-12(5)8-27-18)14-15(19)23(7-11(3)4)17(26)21-16(14)25/h8,10-11H,6-7,9,19H2,1-5H3,(H,21,25,26). The van der Waals surface area contributed by atoms with Crippen LogP contribution in [-0.4, -0.2) is 32.7 Å². The third-order valence-corrected chi connectivity index (χ3v) is 5.92. The van der Waals surface area contributed by atoms with Crippen LogP contribution in [0.3, 0.4) is 0 Å². The summed E-state index contributed by atoms with van der Waals surface area (Å²) in [6, 6.07) is 0. The molecule has 0 fully saturated rings. The average Bonchev–Trinajstić information content (AvgIpc) is 3.00. The lowest BCUT2D eigenvalue weighted by Crippen LogP contribution is -2.43. The Morgan fingerprint density at radius 2 is 2.00 bits per heavy atom. The lowest BCUT2D eigenvalue weighted by atomic mass is 10.2. The molecule has 0 atom stereocenters. The van der Waals surface area contributed by atoms with Gasteiger partial charge in [0.15, 0.2) is 10.0 Å². The first-order valence-electron chi connectivity index (χ1n) is 9.08. The number of amides is 1. The first kappa shape index (κ1) is 22.2. The maximum absolute atomic E-state index is 13.0. The van der Waals surface area contributed by atoms with Crippen molar-refractivity contribution in [3.05, 3.63) is 31.9 Å². The highest BCUT2D eigenvalue weighted by atomic mass is 32.2. The molecule has 0 aliphatic heterocycles. The first-order chi connectivity index (χ1) is 13.1. The normalized spacial score (nSPS) is 11.4. The van der Waals surface area contributed by atoms with Crippen molar-refractivity contribution >= 4 is 40.5 Å². The fraction of sp³-hybridized carbons (Fsp3) is 0.556. The zero-order valence-electron chi connectivity index (χ0n) is 16.8. The smallest absolute Gasteiger partial charge is 0.330 e. The predicted octanol–water partition coefficient (Wildman–Crippen LogP) is 2.32. The molecule has 1 amide bonds. The number of carbonyl (C=O) groups excluding carboxylic acids is 1. The minimum absolute atomic E-state index is 0.0199. The number of carbonyl (C=O) groups is 1. The largest absolute Gasteiger partial charge is 0.383 e. The maximum Gasteiger partial charge on any atom is 0.330 e. The van der Waals surface area contributed by atoms with E-state index in [2.05, 4.69) is 9.97 Å². The minimum atomic E-state index is -0.647. The molecule has 28 heavy (non-hydrogen) atoms. The number of nitrogens with two attached hydrogens (primary N) is 1. The third-order valence-electron chi connectivity index (χ3n) is 3.80. The molecule has 3 N–H and O–H groups in total. The molecule has 0 unspecified atom stereocenters. The minimum Gasteiger partial charge on any atom is -0.383 e. The second kappa shape index (κ2) is 9.42. The Morgan fingerprint density at radius 3 is 2.54 bits per heavy atom. The van der Waals surface area contributed by atoms with Crippen LogP contribution < -0.4 is 21.9 Å². The highest BCUT2D eigenvalue weighted by molar-refractivity contribution is 8.01. The second-order valence-electron chi connectivity index (χ2n) is 7.44. The van der Waals surface area contributed by atoms with E-state index in [1.54, 1.807) is 0 Å². The average molecular weight is 426 g/mol. The summed E-state index contributed by atoms with van der Waals surface area (Å²) in [6.45, 7) is 10.4. The van der Waals surface area contributed by atoms with Gasteiger partial charge in [0.2, 0.25) is 5.91 Å². The zero-order valence-corrected chi connectivity index (χ0v) is 18.4. The number of aryl methyl sites for hydroxylation is 1. The molecule has 0 radical (unpaired) electrons. The molecule has 2 heterocycles. The lowest BCUT2D eigenvalue weighted by Gasteiger charge is -2.26. The van der Waals surface area contributed by atoms with Crippen molar-refractivity contribution in [2.24, 2.45) is 11.8 Å². The monoisotopic (exact) mass is 425 g/mol. The number of aromatic nitrogens is 3. The van der Waals surface area contributed by atoms with Crippen LogP contribution in [0, 0.1) is 18.8 Å². The molecule has 0 saturated carbocycles. The fourth-order valence-corrected chi connectivity index (χ4v) is 4.39. The van der Waals surface area contributed by atoms with Crippen molar-refractivity contribution < 1.29 is 4.79 Å². The number of hydrogen-bond donors (Lipinski definition) is 2. The topological polar surface area (TPSA) is 114 Å². The molecule has 0 bridgehead atoms. The van der Waals surface area contributed by atoms with Gasteiger partial charge in [-0.15, -0.1) is 11.3 Å². The number of anilines is 2. The van der Waals surface area contributed by atoms with Crippen LogP contribution in [0.5, 0.6) is 0 Å². The Morgan fingerprint density at radius 1 is 1.32 bits per heavy atom. The van der Waals surface area contributed by atoms with Gasteiger partial charge in [0, 0.05) is 24.2 Å². The Bertz CT molecular complexity index is 945. The summed E-state index contributed by atoms with van der Waals surface area (Å²) in [4.78, 5) is 45.7. The van der Waals surface area contributed by atoms with Crippen LogP contribution >= 0.6 is 23.1 Å². The molecule has 2 aromatic heterocycles. The highest BCUT2D eigenvalue weighted by Crippen LogP contribution is 2.25. The van der Waals surface area contributed by atoms with Crippen LogP contribution in [0.4, 0.5) is 11.5 Å². The summed E-state index contributed by atoms with van der Waals surface area (Å²) in [7, 11) is 0. The number of nitrogens with zero attached hydrogens (tertiary/aromatic N) is 3. The van der Waals surface area contributed by atoms with Crippen molar-refractivity contribution in [3.8, 4) is 0 Å². The van der Waals surface area contributed by atoms with Gasteiger partial charge in [-0.05, 0) is 18.8 Å². The number of hydrogen-bond acceptors (Lipinski definition) is 7. The summed E-state index contributed by atoms with van der Waals surface area (Å²) >= 11 is 2.80. The van der Waals surface area contributed by atoms with E-state index in [4.69, 9.17) is 5.73 Å². The number of thiazole rings is 1. The molecular formula is C18H27N5O3S2. The van der Waals surface area contributed by atoms with Gasteiger partial charge in [0.05, 0.1) is 5.75 Å². The lowest BCUT2D eigenvalue weighted by molar-refractivity contribution is -0.116. The zero-order chi connectivity index (χ0) is 21.0. The molecule has 0 saturated heterocycles. The number of nitrogen functional groups attached to an aromatic ring is 1. The number of H-pyrrole nitrogens is 1. The fourth-order valence-electron chi connectivity index (χ4n) is 2.67. The highest BCUT2D eigenvalue weighted by Gasteiger charge is 2.25. The van der Waals surface area contributed by atoms with E-state index < -0.39 is 11.2 Å². The Hall–Kier alpha value is -2.07. The molecule has 0 aliphatic rings. The summed E-state index contributed by atoms with van der Waals surface area (Å²) in [5, 5.41) is 1.92. The van der Waals surface area contributed by atoms with Gasteiger partial charge < -0.3 is 10.6 Å². The molecule has 2 aromatic rings. The Balaban J connectivity index is 2.40. The Labute approximate surface area is 172 Å². The van der Waals surface area contributed by atoms with E-state index in [0.717, 1.165) is 10.0 Å². The van der Waals surface area contributed by atoms with Crippen molar-refractivity contribution in [2.45, 2.75) is 45.5 Å². The van der Waals surface area contributed by atoms with Crippen molar-refractivity contribution in [1.82, 2.24) is 14.5 Å². The number of nitrogens with one attached hydrogen (secondary N) is 1. The quantitative estimate of drug-likeness (QED) is 0.628. The van der Waals surface area contributed by atoms with Crippen LogP contribution in [0.2, 0.25) is 0 Å². The Kier molecular flexibility index (Phi) is 7.48. The molecule has 2 rings (SSSR count). The summed E-state index contributed by atoms with van der Waals surface area (Å²) < 4.78 is 2.11. The summed E-state index contributed by atoms with van der Waals surface area (Å²) in [5.74, 6) is 0.157. The van der Waals surface area contributed by atoms with Crippen LogP contribution in [0.25, 0.3) is 0 Å². The SMILES string of the molecule is Cc1csc(SCC(=O)N(CC(C)C)c2c(N)n(CC(C)C)c(=O)[nH]c2=O)n1. The van der Waals surface area contributed by atoms with Gasteiger partial charge in [-0.1, -0.05) is 39.5 Å². The molecule has 0 aromatic carbocycles. The summed E-state index contributed by atoms with van der Waals surface area (Å²) in [5.41, 5.74) is 5.92. The number of thioether (sulfide) groups is 1. The van der Waals surface area contributed by atoms with Crippen LogP contribution in [0.1, 0.15) is 33.4 Å². The van der Waals surface area contributed by atoms with E-state index in [1.807, 2.05) is 40.0 Å². The molecule has 8 nitrogen and oxygen atoms in total. The van der Waals surface area contributed by atoms with E-state index in [9.17, 15) is 14.4 Å². The van der Waals surface area contributed by atoms with E-state index in [1.165, 1.54) is 32.6 Å². The van der Waals surface area contributed by atoms with Crippen molar-refractivity contribution in [1.29, 1.82) is 0 Å². The molecule has 0 spiro atoms. The van der Waals surface area contributed by atoms with Crippen LogP contribution in [-0.2, 0) is 11.3 Å². The van der Waals surface area contributed by atoms with Crippen molar-refractivity contribution in [2.75, 3.05) is 22.9 Å². The first-order valence-corrected chi connectivity index (χ1v) is 10.9. The van der Waals surface area contributed by atoms with E-state index >= 15 is 0 Å². The molecule has 0 aliphatic carbocycles. The maximum atomic E-state index is 13.0. The predicted molar refractivity (Wildman–Crippen MR) is 115 cm³/mol. The van der Waals surface area contributed by atoms with Gasteiger partial charge >= 0.3 is 5.69 Å². The van der Waals surface area contributed by atoms with Gasteiger partial charge in [0.25, 0.3) is 5.56 Å². The van der Waals surface area contributed by atoms with Crippen molar-refractivity contribution in [3.63, 3.8) is 0 Å². The van der Waals surface area contributed by atoms with Gasteiger partial charge in [-0.25, -0.2) is 9.78 Å². The number of aromatic amines is 1. The number of rotatable bonds is 8. The van der Waals surface area contributed by atoms with Gasteiger partial charge in [0.1, 0.15) is 5.82 Å². The van der Waals surface area contributed by atoms with E-state index in [0.29, 0.717) is 13.1 Å². The van der Waals surface area contributed by atoms with E-state index in [-0.39, 0.29) is 35.0 Å². The van der Waals surface area contributed by atoms with Gasteiger partial charge in [-0.3, -0.25) is 19.1 Å². The molecular weight excluding hydrogens is 398 g/mol. The second-order valence-corrected chi connectivity index (χ2v) is 9.52. The molecule has 154 valence electrons. The summed E-state index contributed by atoms with van der Waals surface area (Å²) in [6.07, 6.45) is 0. The third kappa shape index (κ3) is 5.48. The molecule has 10 heteroatoms. The van der Waals surface area contributed by atoms with Crippen LogP contribution in [0.15, 0.2) is 19.3 Å².